The largest absolute Gasteiger partial charge is 0.434 e. The van der Waals surface area contributed by atoms with Crippen LogP contribution in [0.5, 0.6) is 11.6 Å². The van der Waals surface area contributed by atoms with E-state index < -0.39 is 5.82 Å². The maximum Gasteiger partial charge on any atom is 0.242 e. The predicted molar refractivity (Wildman–Crippen MR) is 167 cm³/mol. The summed E-state index contributed by atoms with van der Waals surface area (Å²) in [5, 5.41) is 13.4. The molecule has 0 bridgehead atoms. The highest BCUT2D eigenvalue weighted by Gasteiger charge is 2.18. The summed E-state index contributed by atoms with van der Waals surface area (Å²) in [7, 11) is 0. The molecule has 0 spiro atoms. The van der Waals surface area contributed by atoms with Crippen LogP contribution < -0.4 is 15.8 Å². The van der Waals surface area contributed by atoms with Crippen LogP contribution in [0.25, 0.3) is 10.9 Å². The number of allylic oxidation sites excluding steroid dienone is 1. The molecule has 1 aliphatic rings. The van der Waals surface area contributed by atoms with Gasteiger partial charge in [0.15, 0.2) is 22.9 Å². The molecule has 0 atom stereocenters. The Balaban J connectivity index is 0.000000745. The molecule has 9 nitrogen and oxygen atoms in total. The molecule has 3 heterocycles. The smallest absolute Gasteiger partial charge is 0.242 e. The molecule has 0 amide bonds. The Morgan fingerprint density at radius 2 is 1.76 bits per heavy atom. The van der Waals surface area contributed by atoms with Crippen molar-refractivity contribution in [3.8, 4) is 17.7 Å². The highest BCUT2D eigenvalue weighted by Crippen LogP contribution is 2.33. The second-order valence-corrected chi connectivity index (χ2v) is 9.79. The van der Waals surface area contributed by atoms with E-state index in [-0.39, 0.29) is 17.2 Å². The van der Waals surface area contributed by atoms with Gasteiger partial charge in [-0.05, 0) is 62.0 Å². The lowest BCUT2D eigenvalue weighted by molar-refractivity contribution is 0.132. The first-order valence-corrected chi connectivity index (χ1v) is 14.2. The van der Waals surface area contributed by atoms with Gasteiger partial charge in [-0.25, -0.2) is 14.4 Å². The summed E-state index contributed by atoms with van der Waals surface area (Å²) >= 11 is 0. The van der Waals surface area contributed by atoms with Crippen LogP contribution in [-0.4, -0.2) is 57.5 Å². The Morgan fingerprint density at radius 1 is 1.12 bits per heavy atom. The molecule has 222 valence electrons. The van der Waals surface area contributed by atoms with Gasteiger partial charge < -0.3 is 25.7 Å². The van der Waals surface area contributed by atoms with E-state index >= 15 is 4.39 Å². The van der Waals surface area contributed by atoms with Crippen LogP contribution in [0, 0.1) is 24.1 Å². The third-order valence-corrected chi connectivity index (χ3v) is 6.50. The van der Waals surface area contributed by atoms with Crippen molar-refractivity contribution in [1.82, 2.24) is 24.8 Å². The van der Waals surface area contributed by atoms with E-state index in [9.17, 15) is 5.26 Å². The molecule has 4 aromatic rings. The van der Waals surface area contributed by atoms with Gasteiger partial charge in [0, 0.05) is 55.0 Å². The van der Waals surface area contributed by atoms with Crippen LogP contribution >= 0.6 is 0 Å². The summed E-state index contributed by atoms with van der Waals surface area (Å²) in [6, 6.07) is 15.1. The van der Waals surface area contributed by atoms with Gasteiger partial charge in [-0.1, -0.05) is 39.5 Å². The van der Waals surface area contributed by atoms with E-state index in [1.807, 2.05) is 32.9 Å². The summed E-state index contributed by atoms with van der Waals surface area (Å²) in [6.07, 6.45) is 1.29. The molecule has 10 heteroatoms. The normalized spacial score (nSPS) is 13.3. The Labute approximate surface area is 247 Å². The van der Waals surface area contributed by atoms with E-state index in [1.165, 1.54) is 18.0 Å². The van der Waals surface area contributed by atoms with E-state index in [4.69, 9.17) is 10.5 Å². The minimum absolute atomic E-state index is 0.00762. The quantitative estimate of drug-likeness (QED) is 0.231. The SMILES string of the molecule is C=C(C)N.CC.CCN1CCN(Cc2ccc(Nc3ncnc(Oc4ccc5[nH]c(C)cc5c4F)c3C#N)cc2)CC1. The van der Waals surface area contributed by atoms with Crippen LogP contribution in [0.2, 0.25) is 0 Å². The molecule has 1 aliphatic heterocycles. The molecule has 0 saturated carbocycles. The summed E-state index contributed by atoms with van der Waals surface area (Å²) < 4.78 is 20.7. The molecule has 0 aliphatic carbocycles. The molecule has 0 unspecified atom stereocenters. The number of anilines is 2. The fraction of sp³-hybridized carbons (Fsp3) is 0.344. The zero-order valence-corrected chi connectivity index (χ0v) is 25.2. The number of nitrogens with zero attached hydrogens (tertiary/aromatic N) is 5. The van der Waals surface area contributed by atoms with Gasteiger partial charge in [0.25, 0.3) is 0 Å². The van der Waals surface area contributed by atoms with Crippen LogP contribution in [0.1, 0.15) is 44.5 Å². The van der Waals surface area contributed by atoms with Crippen molar-refractivity contribution < 1.29 is 9.13 Å². The number of aromatic amines is 1. The monoisotopic (exact) mass is 572 g/mol. The average molecular weight is 573 g/mol. The lowest BCUT2D eigenvalue weighted by Crippen LogP contribution is -2.45. The molecule has 4 N–H and O–H groups in total. The number of nitriles is 1. The number of hydrogen-bond acceptors (Lipinski definition) is 8. The first kappa shape index (κ1) is 32.1. The molecule has 42 heavy (non-hydrogen) atoms. The maximum absolute atomic E-state index is 15.0. The third-order valence-electron chi connectivity index (χ3n) is 6.50. The second-order valence-electron chi connectivity index (χ2n) is 9.79. The minimum Gasteiger partial charge on any atom is -0.434 e. The summed E-state index contributed by atoms with van der Waals surface area (Å²) in [6.45, 7) is 19.5. The van der Waals surface area contributed by atoms with E-state index in [0.29, 0.717) is 22.4 Å². The van der Waals surface area contributed by atoms with Gasteiger partial charge in [0.1, 0.15) is 12.4 Å². The lowest BCUT2D eigenvalue weighted by atomic mass is 10.1. The number of hydrogen-bond donors (Lipinski definition) is 3. The first-order chi connectivity index (χ1) is 20.3. The summed E-state index contributed by atoms with van der Waals surface area (Å²) in [5.74, 6) is -0.236. The number of nitrogens with two attached hydrogens (primary N) is 1. The van der Waals surface area contributed by atoms with E-state index in [2.05, 4.69) is 61.8 Å². The first-order valence-electron chi connectivity index (χ1n) is 14.2. The van der Waals surface area contributed by atoms with Crippen molar-refractivity contribution >= 4 is 22.4 Å². The van der Waals surface area contributed by atoms with E-state index in [0.717, 1.165) is 50.6 Å². The molecule has 1 fully saturated rings. The zero-order chi connectivity index (χ0) is 30.6. The Hall–Kier alpha value is -4.46. The van der Waals surface area contributed by atoms with Gasteiger partial charge >= 0.3 is 0 Å². The molecule has 2 aromatic carbocycles. The fourth-order valence-corrected chi connectivity index (χ4v) is 4.47. The number of nitrogens with one attached hydrogen (secondary N) is 2. The van der Waals surface area contributed by atoms with Crippen LogP contribution in [0.4, 0.5) is 15.9 Å². The molecule has 2 aromatic heterocycles. The number of H-pyrrole nitrogens is 1. The fourth-order valence-electron chi connectivity index (χ4n) is 4.47. The summed E-state index contributed by atoms with van der Waals surface area (Å²) in [5.41, 5.74) is 9.21. The number of fused-ring (bicyclic) bond motifs is 1. The van der Waals surface area contributed by atoms with Crippen LogP contribution in [0.3, 0.4) is 0 Å². The topological polar surface area (TPSA) is 119 Å². The number of halogens is 1. The molecule has 0 radical (unpaired) electrons. The van der Waals surface area contributed by atoms with Crippen LogP contribution in [0.15, 0.2) is 61.1 Å². The Kier molecular flexibility index (Phi) is 11.8. The van der Waals surface area contributed by atoms with Gasteiger partial charge in [-0.2, -0.15) is 5.26 Å². The number of benzene rings is 2. The van der Waals surface area contributed by atoms with Gasteiger partial charge in [-0.3, -0.25) is 4.90 Å². The van der Waals surface area contributed by atoms with Crippen LogP contribution in [-0.2, 0) is 6.54 Å². The van der Waals surface area contributed by atoms with Gasteiger partial charge in [0.05, 0.1) is 0 Å². The zero-order valence-electron chi connectivity index (χ0n) is 25.2. The van der Waals surface area contributed by atoms with Crippen molar-refractivity contribution in [2.75, 3.05) is 38.0 Å². The molecular weight excluding hydrogens is 531 g/mol. The number of piperazine rings is 1. The van der Waals surface area contributed by atoms with Crippen molar-refractivity contribution in [1.29, 1.82) is 5.26 Å². The van der Waals surface area contributed by atoms with E-state index in [1.54, 1.807) is 19.1 Å². The predicted octanol–water partition coefficient (Wildman–Crippen LogP) is 6.46. The highest BCUT2D eigenvalue weighted by molar-refractivity contribution is 5.83. The second kappa shape index (κ2) is 15.5. The van der Waals surface area contributed by atoms with Gasteiger partial charge in [-0.15, -0.1) is 0 Å². The molecular formula is C32H41FN8O. The number of rotatable bonds is 7. The molecule has 1 saturated heterocycles. The maximum atomic E-state index is 15.0. The number of aryl methyl sites for hydroxylation is 1. The van der Waals surface area contributed by atoms with Crippen molar-refractivity contribution in [3.05, 3.63) is 83.7 Å². The standard InChI is InChI=1S/C27H28FN7O.C3H7N.C2H6/c1-3-34-10-12-35(13-11-34)16-19-4-6-20(7-5-19)33-26-22(15-29)27(31-17-30-26)36-24-9-8-23-21(25(24)28)14-18(2)32-23;1-3(2)4;1-2/h4-9,14,17,32H,3,10-13,16H2,1-2H3,(H,30,31,33);1,4H2,2H3;1-2H3. The minimum atomic E-state index is -0.513. The average Bonchev–Trinajstić information content (AvgIpc) is 3.38. The highest BCUT2D eigenvalue weighted by atomic mass is 19.1. The number of ether oxygens (including phenoxy) is 1. The number of likely N-dealkylation sites (N-methyl/N-ethyl adjacent to an activating group) is 1. The Bertz CT molecular complexity index is 1500. The summed E-state index contributed by atoms with van der Waals surface area (Å²) in [4.78, 5) is 16.3. The third kappa shape index (κ3) is 8.52. The van der Waals surface area contributed by atoms with Crippen molar-refractivity contribution in [3.63, 3.8) is 0 Å². The van der Waals surface area contributed by atoms with Gasteiger partial charge in [0.2, 0.25) is 5.88 Å². The Morgan fingerprint density at radius 3 is 2.38 bits per heavy atom. The van der Waals surface area contributed by atoms with Crippen molar-refractivity contribution in [2.24, 2.45) is 5.73 Å². The van der Waals surface area contributed by atoms with Crippen molar-refractivity contribution in [2.45, 2.75) is 41.2 Å². The lowest BCUT2D eigenvalue weighted by Gasteiger charge is -2.34. The number of aromatic nitrogens is 3. The molecule has 5 rings (SSSR count).